The van der Waals surface area contributed by atoms with Gasteiger partial charge in [0.1, 0.15) is 0 Å². The van der Waals surface area contributed by atoms with E-state index in [4.69, 9.17) is 0 Å². The first-order valence-electron chi connectivity index (χ1n) is 5.36. The first-order valence-corrected chi connectivity index (χ1v) is 5.36. The normalized spacial score (nSPS) is 22.3. The van der Waals surface area contributed by atoms with Crippen LogP contribution in [0.5, 0.6) is 0 Å². The molecule has 84 valence electrons. The number of guanidine groups is 1. The maximum Gasteiger partial charge on any atom is 0.194 e. The molecule has 0 spiro atoms. The van der Waals surface area contributed by atoms with Crippen LogP contribution in [0.15, 0.2) is 4.99 Å². The van der Waals surface area contributed by atoms with Gasteiger partial charge in [-0.1, -0.05) is 0 Å². The predicted molar refractivity (Wildman–Crippen MR) is 73.5 cm³/mol. The third-order valence-electron chi connectivity index (χ3n) is 2.81. The van der Waals surface area contributed by atoms with E-state index in [1.165, 1.54) is 19.4 Å². The second-order valence-electron chi connectivity index (χ2n) is 3.76. The quantitative estimate of drug-likeness (QED) is 0.474. The van der Waals surface area contributed by atoms with E-state index in [1.807, 2.05) is 6.92 Å². The monoisotopic (exact) mass is 319 g/mol. The Kier molecular flexibility index (Phi) is 5.23. The largest absolute Gasteiger partial charge is 0.355 e. The molecule has 1 atom stereocenters. The molecule has 1 fully saturated rings. The highest BCUT2D eigenvalue weighted by Crippen LogP contribution is 2.21. The number of nitrogens with zero attached hydrogens (tertiary/aromatic N) is 2. The lowest BCUT2D eigenvalue weighted by molar-refractivity contribution is 0.418. The molecule has 1 saturated heterocycles. The maximum atomic E-state index is 4.50. The fourth-order valence-corrected chi connectivity index (χ4v) is 2.11. The summed E-state index contributed by atoms with van der Waals surface area (Å²) in [6.45, 7) is 4.96. The van der Waals surface area contributed by atoms with Crippen LogP contribution in [0.3, 0.4) is 0 Å². The van der Waals surface area contributed by atoms with Crippen LogP contribution in [0.4, 0.5) is 0 Å². The SMILES string of the molecule is CC#CCCNC1=NC[C@H]2CCCN12.I. The molecule has 4 heteroatoms. The Bertz CT molecular complexity index is 290. The van der Waals surface area contributed by atoms with Gasteiger partial charge in [-0.3, -0.25) is 4.99 Å². The van der Waals surface area contributed by atoms with Gasteiger partial charge >= 0.3 is 0 Å². The molecule has 0 aromatic carbocycles. The van der Waals surface area contributed by atoms with Crippen molar-refractivity contribution in [3.05, 3.63) is 0 Å². The van der Waals surface area contributed by atoms with E-state index in [0.29, 0.717) is 6.04 Å². The first-order chi connectivity index (χ1) is 6.92. The molecule has 3 nitrogen and oxygen atoms in total. The van der Waals surface area contributed by atoms with E-state index < -0.39 is 0 Å². The number of rotatable bonds is 2. The molecular formula is C11H18IN3. The van der Waals surface area contributed by atoms with Crippen LogP contribution in [0.25, 0.3) is 0 Å². The van der Waals surface area contributed by atoms with Crippen LogP contribution in [0.2, 0.25) is 0 Å². The molecule has 15 heavy (non-hydrogen) atoms. The van der Waals surface area contributed by atoms with Crippen molar-refractivity contribution in [3.63, 3.8) is 0 Å². The minimum atomic E-state index is 0. The Morgan fingerprint density at radius 3 is 3.27 bits per heavy atom. The molecule has 0 bridgehead atoms. The third kappa shape index (κ3) is 3.00. The van der Waals surface area contributed by atoms with Crippen molar-refractivity contribution in [2.75, 3.05) is 19.6 Å². The second-order valence-corrected chi connectivity index (χ2v) is 3.76. The molecule has 1 N–H and O–H groups in total. The molecule has 0 amide bonds. The van der Waals surface area contributed by atoms with Gasteiger partial charge in [0.25, 0.3) is 0 Å². The van der Waals surface area contributed by atoms with Gasteiger partial charge in [0.05, 0.1) is 12.6 Å². The zero-order valence-corrected chi connectivity index (χ0v) is 11.5. The van der Waals surface area contributed by atoms with E-state index in [2.05, 4.69) is 27.0 Å². The van der Waals surface area contributed by atoms with Gasteiger partial charge in [0, 0.05) is 19.5 Å². The number of hydrogen-bond donors (Lipinski definition) is 1. The average Bonchev–Trinajstić information content (AvgIpc) is 2.75. The molecule has 0 aromatic heterocycles. The van der Waals surface area contributed by atoms with Crippen molar-refractivity contribution in [3.8, 4) is 11.8 Å². The van der Waals surface area contributed by atoms with E-state index in [1.54, 1.807) is 0 Å². The minimum absolute atomic E-state index is 0. The maximum absolute atomic E-state index is 4.50. The first kappa shape index (κ1) is 12.6. The Morgan fingerprint density at radius 2 is 2.47 bits per heavy atom. The second kappa shape index (κ2) is 6.21. The van der Waals surface area contributed by atoms with Gasteiger partial charge in [0.15, 0.2) is 5.96 Å². The molecule has 0 saturated carbocycles. The van der Waals surface area contributed by atoms with Crippen molar-refractivity contribution in [2.24, 2.45) is 4.99 Å². The lowest BCUT2D eigenvalue weighted by atomic mass is 10.2. The smallest absolute Gasteiger partial charge is 0.194 e. The predicted octanol–water partition coefficient (Wildman–Crippen LogP) is 1.44. The van der Waals surface area contributed by atoms with E-state index in [-0.39, 0.29) is 24.0 Å². The summed E-state index contributed by atoms with van der Waals surface area (Å²) in [4.78, 5) is 6.90. The molecular weight excluding hydrogens is 301 g/mol. The average molecular weight is 319 g/mol. The fraction of sp³-hybridized carbons (Fsp3) is 0.727. The molecule has 2 aliphatic heterocycles. The zero-order chi connectivity index (χ0) is 9.80. The van der Waals surface area contributed by atoms with Crippen LogP contribution in [0, 0.1) is 11.8 Å². The van der Waals surface area contributed by atoms with E-state index in [0.717, 1.165) is 25.5 Å². The van der Waals surface area contributed by atoms with Crippen LogP contribution >= 0.6 is 24.0 Å². The Morgan fingerprint density at radius 1 is 1.60 bits per heavy atom. The zero-order valence-electron chi connectivity index (χ0n) is 9.12. The van der Waals surface area contributed by atoms with Crippen LogP contribution in [-0.4, -0.2) is 36.5 Å². The number of fused-ring (bicyclic) bond motifs is 1. The molecule has 2 aliphatic rings. The van der Waals surface area contributed by atoms with Gasteiger partial charge in [-0.05, 0) is 19.8 Å². The number of hydrogen-bond acceptors (Lipinski definition) is 3. The molecule has 2 heterocycles. The van der Waals surface area contributed by atoms with Crippen LogP contribution in [-0.2, 0) is 0 Å². The summed E-state index contributed by atoms with van der Waals surface area (Å²) in [7, 11) is 0. The summed E-state index contributed by atoms with van der Waals surface area (Å²) in [6, 6.07) is 0.690. The molecule has 0 aromatic rings. The lowest BCUT2D eigenvalue weighted by Crippen LogP contribution is -2.40. The van der Waals surface area contributed by atoms with E-state index >= 15 is 0 Å². The van der Waals surface area contributed by atoms with Crippen molar-refractivity contribution in [2.45, 2.75) is 32.2 Å². The van der Waals surface area contributed by atoms with Crippen molar-refractivity contribution in [1.82, 2.24) is 10.2 Å². The Hall–Kier alpha value is -0.440. The molecule has 2 rings (SSSR count). The van der Waals surface area contributed by atoms with Gasteiger partial charge in [-0.15, -0.1) is 35.8 Å². The van der Waals surface area contributed by atoms with Crippen molar-refractivity contribution >= 4 is 29.9 Å². The molecule has 0 radical (unpaired) electrons. The van der Waals surface area contributed by atoms with Gasteiger partial charge in [0.2, 0.25) is 0 Å². The van der Waals surface area contributed by atoms with Crippen LogP contribution in [0.1, 0.15) is 26.2 Å². The highest BCUT2D eigenvalue weighted by molar-refractivity contribution is 14.0. The highest BCUT2D eigenvalue weighted by Gasteiger charge is 2.31. The Balaban J connectivity index is 0.00000112. The van der Waals surface area contributed by atoms with Gasteiger partial charge < -0.3 is 10.2 Å². The van der Waals surface area contributed by atoms with Crippen molar-refractivity contribution in [1.29, 1.82) is 0 Å². The summed E-state index contributed by atoms with van der Waals surface area (Å²) in [5, 5.41) is 3.36. The number of nitrogens with one attached hydrogen (secondary N) is 1. The highest BCUT2D eigenvalue weighted by atomic mass is 127. The fourth-order valence-electron chi connectivity index (χ4n) is 2.11. The van der Waals surface area contributed by atoms with Gasteiger partial charge in [-0.2, -0.15) is 0 Å². The number of halogens is 1. The molecule has 0 unspecified atom stereocenters. The van der Waals surface area contributed by atoms with E-state index in [9.17, 15) is 0 Å². The van der Waals surface area contributed by atoms with Gasteiger partial charge in [-0.25, -0.2) is 0 Å². The summed E-state index contributed by atoms with van der Waals surface area (Å²) in [5.41, 5.74) is 0. The topological polar surface area (TPSA) is 27.6 Å². The summed E-state index contributed by atoms with van der Waals surface area (Å²) in [5.74, 6) is 7.04. The number of aliphatic imine (C=N–C) groups is 1. The lowest BCUT2D eigenvalue weighted by Gasteiger charge is -2.20. The third-order valence-corrected chi connectivity index (χ3v) is 2.81. The molecule has 0 aliphatic carbocycles. The summed E-state index contributed by atoms with van der Waals surface area (Å²) < 4.78 is 0. The summed E-state index contributed by atoms with van der Waals surface area (Å²) in [6.07, 6.45) is 3.54. The minimum Gasteiger partial charge on any atom is -0.355 e. The van der Waals surface area contributed by atoms with Crippen LogP contribution < -0.4 is 5.32 Å². The Labute approximate surface area is 109 Å². The van der Waals surface area contributed by atoms with Crippen molar-refractivity contribution < 1.29 is 0 Å². The summed E-state index contributed by atoms with van der Waals surface area (Å²) >= 11 is 0. The standard InChI is InChI=1S/C11H17N3.HI/c1-2-3-4-7-12-11-13-9-10-6-5-8-14(10)11;/h10H,4-9H2,1H3,(H,12,13);1H/t10-;/m1./s1.